The second-order valence-electron chi connectivity index (χ2n) is 13.0. The van der Waals surface area contributed by atoms with Crippen molar-refractivity contribution in [2.24, 2.45) is 5.92 Å². The largest absolute Gasteiger partial charge is 0.481 e. The molecule has 2 aromatic heterocycles. The molecule has 49 heavy (non-hydrogen) atoms. The lowest BCUT2D eigenvalue weighted by atomic mass is 9.97. The van der Waals surface area contributed by atoms with E-state index in [-0.39, 0.29) is 18.0 Å². The average Bonchev–Trinajstić information content (AvgIpc) is 3.74. The van der Waals surface area contributed by atoms with Crippen molar-refractivity contribution in [2.45, 2.75) is 70.4 Å². The third-order valence-corrected chi connectivity index (χ3v) is 10.5. The SMILES string of the molecule is COc1nc(-c2cccc(-c3cccc(-c4ccc([C@@H](C)NC[C@@H]5CCC(=O)C5)c(OC)n4)c3Cl)c2Cl)ccc1CCC[C@@H]1CCC(=O)N1. The van der Waals surface area contributed by atoms with E-state index in [4.69, 9.17) is 42.6 Å². The molecule has 2 N–H and O–H groups in total. The minimum absolute atomic E-state index is 0.00183. The Balaban J connectivity index is 1.22. The van der Waals surface area contributed by atoms with Crippen LogP contribution in [-0.2, 0) is 16.0 Å². The van der Waals surface area contributed by atoms with Crippen LogP contribution in [0.2, 0.25) is 10.0 Å². The van der Waals surface area contributed by atoms with Gasteiger partial charge in [0.2, 0.25) is 17.7 Å². The Labute approximate surface area is 297 Å². The molecule has 3 heterocycles. The number of ether oxygens (including phenoxy) is 2. The van der Waals surface area contributed by atoms with Gasteiger partial charge in [0.25, 0.3) is 0 Å². The number of aryl methyl sites for hydroxylation is 1. The van der Waals surface area contributed by atoms with Crippen LogP contribution in [-0.4, -0.2) is 48.5 Å². The fraction of sp³-hybridized carbons (Fsp3) is 0.385. The Bertz CT molecular complexity index is 1850. The van der Waals surface area contributed by atoms with E-state index in [1.165, 1.54) is 0 Å². The van der Waals surface area contributed by atoms with Crippen LogP contribution < -0.4 is 20.1 Å². The zero-order valence-electron chi connectivity index (χ0n) is 28.2. The van der Waals surface area contributed by atoms with Gasteiger partial charge in [-0.2, -0.15) is 0 Å². The Morgan fingerprint density at radius 2 is 1.47 bits per heavy atom. The smallest absolute Gasteiger partial charge is 0.220 e. The summed E-state index contributed by atoms with van der Waals surface area (Å²) in [5.41, 5.74) is 6.43. The van der Waals surface area contributed by atoms with Gasteiger partial charge in [-0.05, 0) is 69.7 Å². The van der Waals surface area contributed by atoms with E-state index in [1.807, 2.05) is 60.7 Å². The zero-order chi connectivity index (χ0) is 34.5. The van der Waals surface area contributed by atoms with Crippen LogP contribution in [0.15, 0.2) is 60.7 Å². The number of ketones is 1. The summed E-state index contributed by atoms with van der Waals surface area (Å²) in [6.45, 7) is 2.86. The molecule has 0 unspecified atom stereocenters. The average molecular weight is 702 g/mol. The highest BCUT2D eigenvalue weighted by molar-refractivity contribution is 6.39. The summed E-state index contributed by atoms with van der Waals surface area (Å²) in [5, 5.41) is 7.65. The number of halogens is 2. The number of pyridine rings is 2. The van der Waals surface area contributed by atoms with Gasteiger partial charge in [0, 0.05) is 64.7 Å². The second-order valence-corrected chi connectivity index (χ2v) is 13.7. The first-order valence-corrected chi connectivity index (χ1v) is 17.7. The van der Waals surface area contributed by atoms with Crippen LogP contribution in [0.25, 0.3) is 33.6 Å². The van der Waals surface area contributed by atoms with Gasteiger partial charge < -0.3 is 20.1 Å². The molecular weight excluding hydrogens is 659 g/mol. The van der Waals surface area contributed by atoms with E-state index in [1.54, 1.807) is 14.2 Å². The topological polar surface area (TPSA) is 102 Å². The lowest BCUT2D eigenvalue weighted by Gasteiger charge is -2.20. The molecule has 4 aromatic rings. The molecule has 8 nitrogen and oxygen atoms in total. The molecule has 0 spiro atoms. The Morgan fingerprint density at radius 3 is 2.06 bits per heavy atom. The van der Waals surface area contributed by atoms with Crippen molar-refractivity contribution < 1.29 is 19.1 Å². The molecule has 2 aliphatic rings. The summed E-state index contributed by atoms with van der Waals surface area (Å²) in [5.74, 6) is 1.95. The molecule has 3 atom stereocenters. The van der Waals surface area contributed by atoms with Gasteiger partial charge >= 0.3 is 0 Å². The highest BCUT2D eigenvalue weighted by Gasteiger charge is 2.24. The number of hydrogen-bond acceptors (Lipinski definition) is 7. The lowest BCUT2D eigenvalue weighted by molar-refractivity contribution is -0.119. The summed E-state index contributed by atoms with van der Waals surface area (Å²) in [4.78, 5) is 32.9. The summed E-state index contributed by atoms with van der Waals surface area (Å²) in [6, 6.07) is 19.9. The van der Waals surface area contributed by atoms with E-state index >= 15 is 0 Å². The van der Waals surface area contributed by atoms with Gasteiger partial charge in [0.1, 0.15) is 5.78 Å². The number of methoxy groups -OCH3 is 2. The molecule has 1 aliphatic heterocycles. The first-order chi connectivity index (χ1) is 23.7. The molecule has 1 saturated carbocycles. The van der Waals surface area contributed by atoms with Crippen LogP contribution in [0.5, 0.6) is 11.8 Å². The maximum Gasteiger partial charge on any atom is 0.220 e. The fourth-order valence-electron chi connectivity index (χ4n) is 6.91. The van der Waals surface area contributed by atoms with E-state index in [9.17, 15) is 9.59 Å². The summed E-state index contributed by atoms with van der Waals surface area (Å²) < 4.78 is 11.4. The monoisotopic (exact) mass is 700 g/mol. The first-order valence-electron chi connectivity index (χ1n) is 17.0. The lowest BCUT2D eigenvalue weighted by Crippen LogP contribution is -2.25. The summed E-state index contributed by atoms with van der Waals surface area (Å²) >= 11 is 14.2. The number of carbonyl (C=O) groups excluding carboxylic acids is 2. The normalized spacial score (nSPS) is 18.1. The Kier molecular flexibility index (Phi) is 11.2. The number of hydrogen-bond donors (Lipinski definition) is 2. The second kappa shape index (κ2) is 15.7. The highest BCUT2D eigenvalue weighted by atomic mass is 35.5. The van der Waals surface area contributed by atoms with Crippen molar-refractivity contribution in [3.63, 3.8) is 0 Å². The standard InChI is InChI=1S/C39H42Cl2N4O4/c1-23(42-22-24-13-16-27(46)21-24)28-17-19-34(45-39(28)49-3)32-12-6-10-30(37(32)41)29-9-5-11-31(36(29)40)33-18-14-25(38(44-33)48-2)7-4-8-26-15-20-35(47)43-26/h5-6,9-12,14,17-19,23-24,26,42H,4,7-8,13,15-16,20-22H2,1-3H3,(H,43,47)/t23-,24-,26-/m1/s1. The van der Waals surface area contributed by atoms with Crippen molar-refractivity contribution in [2.75, 3.05) is 20.8 Å². The third-order valence-electron chi connectivity index (χ3n) is 9.67. The summed E-state index contributed by atoms with van der Waals surface area (Å²) in [6.07, 6.45) is 6.44. The summed E-state index contributed by atoms with van der Waals surface area (Å²) in [7, 11) is 3.25. The molecule has 2 aromatic carbocycles. The Morgan fingerprint density at radius 1 is 0.837 bits per heavy atom. The van der Waals surface area contributed by atoms with E-state index in [2.05, 4.69) is 17.6 Å². The molecule has 0 radical (unpaired) electrons. The molecular formula is C39H42Cl2N4O4. The third kappa shape index (κ3) is 7.93. The van der Waals surface area contributed by atoms with Crippen LogP contribution in [0, 0.1) is 5.92 Å². The number of amides is 1. The van der Waals surface area contributed by atoms with Gasteiger partial charge in [0.15, 0.2) is 0 Å². The van der Waals surface area contributed by atoms with Gasteiger partial charge in [-0.15, -0.1) is 0 Å². The van der Waals surface area contributed by atoms with Crippen LogP contribution in [0.3, 0.4) is 0 Å². The first kappa shape index (κ1) is 34.9. The fourth-order valence-corrected chi connectivity index (χ4v) is 7.56. The molecule has 1 saturated heterocycles. The molecule has 1 amide bonds. The Hall–Kier alpha value is -3.98. The highest BCUT2D eigenvalue weighted by Crippen LogP contribution is 2.42. The minimum atomic E-state index is -0.00183. The van der Waals surface area contributed by atoms with Crippen LogP contribution in [0.1, 0.15) is 69.0 Å². The van der Waals surface area contributed by atoms with Gasteiger partial charge in [0.05, 0.1) is 35.7 Å². The molecule has 6 rings (SSSR count). The number of rotatable bonds is 13. The number of Topliss-reactive ketones (excluding diaryl/α,β-unsaturated/α-hetero) is 1. The maximum atomic E-state index is 11.7. The predicted molar refractivity (Wildman–Crippen MR) is 194 cm³/mol. The van der Waals surface area contributed by atoms with Crippen molar-refractivity contribution in [3.05, 3.63) is 81.8 Å². The number of nitrogens with zero attached hydrogens (tertiary/aromatic N) is 2. The van der Waals surface area contributed by atoms with E-state index < -0.39 is 0 Å². The van der Waals surface area contributed by atoms with Crippen molar-refractivity contribution in [3.8, 4) is 45.4 Å². The van der Waals surface area contributed by atoms with Gasteiger partial charge in [-0.3, -0.25) is 9.59 Å². The predicted octanol–water partition coefficient (Wildman–Crippen LogP) is 8.42. The van der Waals surface area contributed by atoms with Crippen molar-refractivity contribution >= 4 is 34.9 Å². The number of carbonyl (C=O) groups is 2. The molecule has 0 bridgehead atoms. The van der Waals surface area contributed by atoms with Crippen molar-refractivity contribution in [1.82, 2.24) is 20.6 Å². The minimum Gasteiger partial charge on any atom is -0.481 e. The molecule has 256 valence electrons. The molecule has 2 fully saturated rings. The van der Waals surface area contributed by atoms with E-state index in [0.717, 1.165) is 72.0 Å². The molecule has 1 aliphatic carbocycles. The number of benzene rings is 2. The maximum absolute atomic E-state index is 11.7. The van der Waals surface area contributed by atoms with Crippen molar-refractivity contribution in [1.29, 1.82) is 0 Å². The number of nitrogens with one attached hydrogen (secondary N) is 2. The van der Waals surface area contributed by atoms with Crippen LogP contribution >= 0.6 is 23.2 Å². The van der Waals surface area contributed by atoms with Gasteiger partial charge in [-0.25, -0.2) is 9.97 Å². The van der Waals surface area contributed by atoms with Gasteiger partial charge in [-0.1, -0.05) is 65.7 Å². The van der Waals surface area contributed by atoms with Crippen LogP contribution in [0.4, 0.5) is 0 Å². The molecule has 10 heteroatoms. The number of aromatic nitrogens is 2. The zero-order valence-corrected chi connectivity index (χ0v) is 29.7. The quantitative estimate of drug-likeness (QED) is 0.144. The van der Waals surface area contributed by atoms with E-state index in [0.29, 0.717) is 64.2 Å².